The molecule has 10 heteroatoms. The maximum absolute atomic E-state index is 15.5. The van der Waals surface area contributed by atoms with Gasteiger partial charge in [0.1, 0.15) is 17.5 Å². The summed E-state index contributed by atoms with van der Waals surface area (Å²) in [5, 5.41) is -6.17. The zero-order chi connectivity index (χ0) is 25.2. The van der Waals surface area contributed by atoms with Gasteiger partial charge in [0.15, 0.2) is 29.0 Å². The Balaban J connectivity index is 2.53. The minimum Gasteiger partial charge on any atom is -0.539 e. The highest BCUT2D eigenvalue weighted by Crippen LogP contribution is 2.47. The van der Waals surface area contributed by atoms with Gasteiger partial charge in [0.05, 0.1) is 27.6 Å². The van der Waals surface area contributed by atoms with Gasteiger partial charge in [-0.15, -0.1) is 0 Å². The molecule has 3 aromatic rings. The highest BCUT2D eigenvalue weighted by molar-refractivity contribution is 6.78. The third kappa shape index (κ3) is 3.48. The van der Waals surface area contributed by atoms with Crippen LogP contribution in [0, 0.1) is 52.6 Å². The first-order chi connectivity index (χ1) is 15.2. The molecule has 3 rings (SSSR count). The van der Waals surface area contributed by atoms with Crippen molar-refractivity contribution in [1.29, 1.82) is 0 Å². The van der Waals surface area contributed by atoms with E-state index in [2.05, 4.69) is 0 Å². The number of hydrogen-bond acceptors (Lipinski definition) is 1. The molecule has 33 heavy (non-hydrogen) atoms. The van der Waals surface area contributed by atoms with Crippen molar-refractivity contribution >= 4 is 29.9 Å². The van der Waals surface area contributed by atoms with E-state index in [1.54, 1.807) is 41.5 Å². The fourth-order valence-electron chi connectivity index (χ4n) is 4.88. The van der Waals surface area contributed by atoms with E-state index in [1.807, 2.05) is 0 Å². The number of hydrogen-bond donors (Lipinski definition) is 0. The van der Waals surface area contributed by atoms with Gasteiger partial charge < -0.3 is 4.43 Å². The molecule has 1 nitrogen and oxygen atoms in total. The molecule has 179 valence electrons. The Labute approximate surface area is 186 Å². The summed E-state index contributed by atoms with van der Waals surface area (Å²) in [5.41, 5.74) is -0.696. The lowest BCUT2D eigenvalue weighted by Crippen LogP contribution is -2.51. The molecule has 0 aliphatic carbocycles. The Morgan fingerprint density at radius 3 is 1.42 bits per heavy atom. The Bertz CT molecular complexity index is 1250. The highest BCUT2D eigenvalue weighted by atomic mass is 28.4. The first-order valence-electron chi connectivity index (χ1n) is 10.3. The van der Waals surface area contributed by atoms with Gasteiger partial charge in [-0.3, -0.25) is 0 Å². The minimum absolute atomic E-state index is 0.232. The van der Waals surface area contributed by atoms with Gasteiger partial charge in [0, 0.05) is 0 Å². The quantitative estimate of drug-likeness (QED) is 0.150. The van der Waals surface area contributed by atoms with Crippen LogP contribution in [0.3, 0.4) is 0 Å². The smallest absolute Gasteiger partial charge is 0.259 e. The summed E-state index contributed by atoms with van der Waals surface area (Å²) in [4.78, 5) is 0. The second-order valence-electron chi connectivity index (χ2n) is 8.89. The molecule has 0 saturated carbocycles. The zero-order valence-electron chi connectivity index (χ0n) is 18.7. The van der Waals surface area contributed by atoms with E-state index < -0.39 is 82.1 Å². The molecule has 0 spiro atoms. The number of halogens is 8. The van der Waals surface area contributed by atoms with Crippen molar-refractivity contribution in [3.8, 4) is 5.75 Å². The van der Waals surface area contributed by atoms with Crippen LogP contribution in [0.2, 0.25) is 16.6 Å². The molecule has 1 radical (unpaired) electrons. The third-order valence-corrected chi connectivity index (χ3v) is 12.2. The molecule has 0 amide bonds. The fraction of sp³-hybridized carbons (Fsp3) is 0.391. The van der Waals surface area contributed by atoms with Crippen molar-refractivity contribution < 1.29 is 39.5 Å². The van der Waals surface area contributed by atoms with E-state index >= 15 is 13.2 Å². The Hall–Kier alpha value is -2.36. The second kappa shape index (κ2) is 8.45. The lowest BCUT2D eigenvalue weighted by atomic mass is 9.99. The maximum Gasteiger partial charge on any atom is 0.259 e. The van der Waals surface area contributed by atoms with Crippen LogP contribution in [0.1, 0.15) is 41.5 Å². The minimum atomic E-state index is -3.12. The average molecular weight is 493 g/mol. The van der Waals surface area contributed by atoms with Crippen molar-refractivity contribution in [2.75, 3.05) is 0 Å². The first kappa shape index (κ1) is 25.3. The topological polar surface area (TPSA) is 9.23 Å². The average Bonchev–Trinajstić information content (AvgIpc) is 2.70. The van der Waals surface area contributed by atoms with E-state index in [0.717, 1.165) is 0 Å². The molecule has 0 aromatic heterocycles. The predicted octanol–water partition coefficient (Wildman–Crippen LogP) is 8.46. The van der Waals surface area contributed by atoms with Gasteiger partial charge in [-0.1, -0.05) is 41.5 Å². The van der Waals surface area contributed by atoms with Gasteiger partial charge in [0.2, 0.25) is 5.82 Å². The lowest BCUT2D eigenvalue weighted by molar-refractivity contribution is 0.398. The van der Waals surface area contributed by atoms with Crippen molar-refractivity contribution in [1.82, 2.24) is 0 Å². The molecular formula is C23H21F8OSi. The molecule has 0 aliphatic rings. The number of benzene rings is 3. The van der Waals surface area contributed by atoms with Crippen LogP contribution in [0.5, 0.6) is 5.75 Å². The summed E-state index contributed by atoms with van der Waals surface area (Å²) < 4.78 is 123. The highest BCUT2D eigenvalue weighted by Gasteiger charge is 2.48. The van der Waals surface area contributed by atoms with Gasteiger partial charge in [-0.25, -0.2) is 30.7 Å². The fourth-order valence-corrected chi connectivity index (χ4v) is 10.1. The van der Waals surface area contributed by atoms with E-state index in [1.165, 1.54) is 6.07 Å². The predicted molar refractivity (Wildman–Crippen MR) is 112 cm³/mol. The molecule has 0 bridgehead atoms. The summed E-state index contributed by atoms with van der Waals surface area (Å²) in [6.07, 6.45) is 0. The third-order valence-electron chi connectivity index (χ3n) is 6.25. The molecule has 0 heterocycles. The van der Waals surface area contributed by atoms with Gasteiger partial charge in [-0.2, -0.15) is 4.39 Å². The molecule has 0 aliphatic heterocycles. The normalized spacial score (nSPS) is 12.8. The second-order valence-corrected chi connectivity index (χ2v) is 14.3. The van der Waals surface area contributed by atoms with Gasteiger partial charge in [-0.05, 0) is 16.6 Å². The lowest BCUT2D eigenvalue weighted by Gasteiger charge is -2.42. The van der Waals surface area contributed by atoms with Crippen molar-refractivity contribution in [3.63, 3.8) is 0 Å². The van der Waals surface area contributed by atoms with E-state index in [0.29, 0.717) is 0 Å². The van der Waals surface area contributed by atoms with Crippen LogP contribution in [-0.4, -0.2) is 8.32 Å². The van der Waals surface area contributed by atoms with E-state index in [9.17, 15) is 22.0 Å². The largest absolute Gasteiger partial charge is 0.539 e. The van der Waals surface area contributed by atoms with Crippen molar-refractivity contribution in [2.24, 2.45) is 0 Å². The molecule has 3 aromatic carbocycles. The van der Waals surface area contributed by atoms with Crippen LogP contribution in [0.15, 0.2) is 0 Å². The molecule has 0 unspecified atom stereocenters. The van der Waals surface area contributed by atoms with Crippen LogP contribution >= 0.6 is 0 Å². The molecular weight excluding hydrogens is 472 g/mol. The SMILES string of the molecule is CC(C)[Si](Oc1c(F)c(F)c2c(F)c3c(F)[c]c(F)c(F)c3c(F)c2c1F)(C(C)C)C(C)C. The van der Waals surface area contributed by atoms with E-state index in [4.69, 9.17) is 4.43 Å². The number of fused-ring (bicyclic) bond motifs is 2. The van der Waals surface area contributed by atoms with Crippen LogP contribution < -0.4 is 4.43 Å². The van der Waals surface area contributed by atoms with Crippen molar-refractivity contribution in [3.05, 3.63) is 52.6 Å². The molecule has 0 atom stereocenters. The summed E-state index contributed by atoms with van der Waals surface area (Å²) >= 11 is 0. The van der Waals surface area contributed by atoms with Gasteiger partial charge >= 0.3 is 0 Å². The van der Waals surface area contributed by atoms with E-state index in [-0.39, 0.29) is 16.6 Å². The summed E-state index contributed by atoms with van der Waals surface area (Å²) in [7, 11) is -3.12. The standard InChI is InChI=1S/C23H21F8OSi/c1-8(2)33(9(3)4,10(5)6)32-23-21(30)16-15(20(29)22(23)31)18(27)13-11(24)7-12(25)17(26)14(13)19(16)28/h8-10H,1-6H3. The van der Waals surface area contributed by atoms with Crippen LogP contribution in [0.4, 0.5) is 35.1 Å². The maximum atomic E-state index is 15.5. The Morgan fingerprint density at radius 1 is 0.515 bits per heavy atom. The molecule has 0 saturated heterocycles. The number of rotatable bonds is 5. The van der Waals surface area contributed by atoms with Gasteiger partial charge in [0.25, 0.3) is 8.32 Å². The Kier molecular flexibility index (Phi) is 6.47. The summed E-state index contributed by atoms with van der Waals surface area (Å²) in [6.45, 7) is 10.6. The summed E-state index contributed by atoms with van der Waals surface area (Å²) in [6, 6.07) is 1.20. The monoisotopic (exact) mass is 493 g/mol. The van der Waals surface area contributed by atoms with Crippen LogP contribution in [0.25, 0.3) is 21.5 Å². The summed E-state index contributed by atoms with van der Waals surface area (Å²) in [5.74, 6) is -17.0. The molecule has 0 fully saturated rings. The van der Waals surface area contributed by atoms with Crippen LogP contribution in [-0.2, 0) is 0 Å². The first-order valence-corrected chi connectivity index (χ1v) is 12.4. The Morgan fingerprint density at radius 2 is 0.939 bits per heavy atom. The molecule has 0 N–H and O–H groups in total. The zero-order valence-corrected chi connectivity index (χ0v) is 19.7. The van der Waals surface area contributed by atoms with Crippen molar-refractivity contribution in [2.45, 2.75) is 58.2 Å².